The first-order valence-electron chi connectivity index (χ1n) is 3.26. The Kier molecular flexibility index (Phi) is 1.26. The molecule has 0 amide bonds. The topological polar surface area (TPSA) is 104 Å². The average molecular weight is 162 g/mol. The number of hydrogen-bond acceptors (Lipinski definition) is 6. The van der Waals surface area contributed by atoms with Gasteiger partial charge >= 0.3 is 0 Å². The summed E-state index contributed by atoms with van der Waals surface area (Å²) in [5.74, 6) is 0.525. The summed E-state index contributed by atoms with van der Waals surface area (Å²) >= 11 is 0. The van der Waals surface area contributed by atoms with Gasteiger partial charge in [-0.25, -0.2) is 15.0 Å². The first-order chi connectivity index (χ1) is 5.75. The third-order valence-corrected chi connectivity index (χ3v) is 1.34. The van der Waals surface area contributed by atoms with E-state index in [9.17, 15) is 0 Å². The third kappa shape index (κ3) is 0.986. The smallest absolute Gasteiger partial charge is 0.222 e. The van der Waals surface area contributed by atoms with E-state index in [4.69, 9.17) is 11.5 Å². The Balaban J connectivity index is 2.79. The van der Waals surface area contributed by atoms with Gasteiger partial charge in [0.1, 0.15) is 11.3 Å². The van der Waals surface area contributed by atoms with Gasteiger partial charge in [0, 0.05) is 0 Å². The van der Waals surface area contributed by atoms with Crippen molar-refractivity contribution >= 4 is 22.9 Å². The molecule has 0 unspecified atom stereocenters. The van der Waals surface area contributed by atoms with Crippen LogP contribution in [0.5, 0.6) is 0 Å². The molecule has 0 saturated carbocycles. The Bertz CT molecular complexity index is 384. The molecule has 6 heteroatoms. The van der Waals surface area contributed by atoms with Crippen LogP contribution in [-0.4, -0.2) is 19.9 Å². The molecular weight excluding hydrogens is 156 g/mol. The second kappa shape index (κ2) is 2.26. The van der Waals surface area contributed by atoms with Gasteiger partial charge in [-0.15, -0.1) is 0 Å². The van der Waals surface area contributed by atoms with E-state index >= 15 is 0 Å². The molecule has 0 spiro atoms. The molecule has 0 atom stereocenters. The molecule has 2 rings (SSSR count). The number of fused-ring (bicyclic) bond motifs is 1. The van der Waals surface area contributed by atoms with Gasteiger partial charge in [-0.3, -0.25) is 0 Å². The van der Waals surface area contributed by atoms with E-state index in [1.807, 2.05) is 0 Å². The number of nitrogens with zero attached hydrogens (tertiary/aromatic N) is 4. The van der Waals surface area contributed by atoms with Gasteiger partial charge in [-0.1, -0.05) is 0 Å². The van der Waals surface area contributed by atoms with Crippen LogP contribution in [0, 0.1) is 0 Å². The van der Waals surface area contributed by atoms with E-state index in [2.05, 4.69) is 19.9 Å². The highest BCUT2D eigenvalue weighted by molar-refractivity contribution is 5.70. The molecular formula is C6H6N6. The SMILES string of the molecule is Nc1cnc2nc(N)ncc2n1. The molecule has 2 aromatic rings. The molecule has 4 N–H and O–H groups in total. The van der Waals surface area contributed by atoms with Gasteiger partial charge in [0.2, 0.25) is 5.95 Å². The van der Waals surface area contributed by atoms with Crippen molar-refractivity contribution in [2.24, 2.45) is 0 Å². The fourth-order valence-electron chi connectivity index (χ4n) is 0.849. The zero-order valence-corrected chi connectivity index (χ0v) is 6.10. The standard InChI is InChI=1S/C6H6N6/c7-4-2-9-5-3(11-4)1-10-6(8)12-5/h1-2H,(H2,7,11)(H2,8,9,10,12). The minimum absolute atomic E-state index is 0.182. The van der Waals surface area contributed by atoms with Crippen molar-refractivity contribution < 1.29 is 0 Å². The van der Waals surface area contributed by atoms with E-state index < -0.39 is 0 Å². The predicted molar refractivity (Wildman–Crippen MR) is 44.0 cm³/mol. The van der Waals surface area contributed by atoms with Crippen LogP contribution >= 0.6 is 0 Å². The van der Waals surface area contributed by atoms with E-state index in [-0.39, 0.29) is 5.95 Å². The van der Waals surface area contributed by atoms with Crippen molar-refractivity contribution in [3.8, 4) is 0 Å². The normalized spacial score (nSPS) is 10.3. The molecule has 0 bridgehead atoms. The van der Waals surface area contributed by atoms with Gasteiger partial charge < -0.3 is 11.5 Å². The number of anilines is 2. The zero-order valence-electron chi connectivity index (χ0n) is 6.10. The highest BCUT2D eigenvalue weighted by atomic mass is 15.0. The van der Waals surface area contributed by atoms with E-state index in [1.54, 1.807) is 0 Å². The minimum Gasteiger partial charge on any atom is -0.382 e. The van der Waals surface area contributed by atoms with E-state index in [1.165, 1.54) is 12.4 Å². The van der Waals surface area contributed by atoms with Crippen molar-refractivity contribution in [1.29, 1.82) is 0 Å². The van der Waals surface area contributed by atoms with Crippen LogP contribution in [0.3, 0.4) is 0 Å². The monoisotopic (exact) mass is 162 g/mol. The van der Waals surface area contributed by atoms with Crippen LogP contribution in [0.4, 0.5) is 11.8 Å². The Morgan fingerprint density at radius 2 is 1.83 bits per heavy atom. The summed E-state index contributed by atoms with van der Waals surface area (Å²) < 4.78 is 0. The summed E-state index contributed by atoms with van der Waals surface area (Å²) in [6, 6.07) is 0. The molecule has 0 saturated heterocycles. The maximum absolute atomic E-state index is 5.40. The minimum atomic E-state index is 0.182. The van der Waals surface area contributed by atoms with Crippen LogP contribution in [0.1, 0.15) is 0 Å². The number of rotatable bonds is 0. The Morgan fingerprint density at radius 3 is 2.67 bits per heavy atom. The number of aromatic nitrogens is 4. The largest absolute Gasteiger partial charge is 0.382 e. The Hall–Kier alpha value is -1.98. The summed E-state index contributed by atoms with van der Waals surface area (Å²) in [5, 5.41) is 0. The average Bonchev–Trinajstić information content (AvgIpc) is 2.05. The second-order valence-electron chi connectivity index (χ2n) is 2.23. The fraction of sp³-hybridized carbons (Fsp3) is 0. The maximum atomic E-state index is 5.40. The van der Waals surface area contributed by atoms with Crippen LogP contribution in [0.25, 0.3) is 11.2 Å². The summed E-state index contributed by atoms with van der Waals surface area (Å²) in [5.41, 5.74) is 11.7. The van der Waals surface area contributed by atoms with E-state index in [0.29, 0.717) is 17.0 Å². The third-order valence-electron chi connectivity index (χ3n) is 1.34. The number of nitrogen functional groups attached to an aromatic ring is 2. The summed E-state index contributed by atoms with van der Waals surface area (Å²) in [7, 11) is 0. The van der Waals surface area contributed by atoms with Gasteiger partial charge in [0.05, 0.1) is 12.4 Å². The quantitative estimate of drug-likeness (QED) is 0.545. The molecule has 0 aliphatic heterocycles. The molecule has 0 aromatic carbocycles. The number of hydrogen-bond donors (Lipinski definition) is 2. The molecule has 6 nitrogen and oxygen atoms in total. The molecule has 2 heterocycles. The first-order valence-corrected chi connectivity index (χ1v) is 3.26. The highest BCUT2D eigenvalue weighted by Gasteiger charge is 1.98. The van der Waals surface area contributed by atoms with Crippen molar-refractivity contribution in [3.05, 3.63) is 12.4 Å². The van der Waals surface area contributed by atoms with Crippen LogP contribution in [0.2, 0.25) is 0 Å². The molecule has 60 valence electrons. The van der Waals surface area contributed by atoms with Crippen molar-refractivity contribution in [3.63, 3.8) is 0 Å². The lowest BCUT2D eigenvalue weighted by atomic mass is 10.5. The summed E-state index contributed by atoms with van der Waals surface area (Å²) in [6.45, 7) is 0. The summed E-state index contributed by atoms with van der Waals surface area (Å²) in [4.78, 5) is 15.5. The highest BCUT2D eigenvalue weighted by Crippen LogP contribution is 2.06. The van der Waals surface area contributed by atoms with Gasteiger partial charge in [0.15, 0.2) is 5.65 Å². The van der Waals surface area contributed by atoms with Crippen LogP contribution in [-0.2, 0) is 0 Å². The predicted octanol–water partition coefficient (Wildman–Crippen LogP) is -0.416. The van der Waals surface area contributed by atoms with Crippen molar-refractivity contribution in [1.82, 2.24) is 19.9 Å². The molecule has 0 radical (unpaired) electrons. The van der Waals surface area contributed by atoms with Gasteiger partial charge in [-0.05, 0) is 0 Å². The maximum Gasteiger partial charge on any atom is 0.222 e. The van der Waals surface area contributed by atoms with Crippen LogP contribution in [0.15, 0.2) is 12.4 Å². The zero-order chi connectivity index (χ0) is 8.55. The first kappa shape index (κ1) is 6.71. The Labute approximate surface area is 67.7 Å². The Morgan fingerprint density at radius 1 is 1.00 bits per heavy atom. The fourth-order valence-corrected chi connectivity index (χ4v) is 0.849. The molecule has 12 heavy (non-hydrogen) atoms. The van der Waals surface area contributed by atoms with Gasteiger partial charge in [-0.2, -0.15) is 4.98 Å². The van der Waals surface area contributed by atoms with E-state index in [0.717, 1.165) is 0 Å². The van der Waals surface area contributed by atoms with Crippen molar-refractivity contribution in [2.75, 3.05) is 11.5 Å². The molecule has 0 aliphatic rings. The molecule has 0 aliphatic carbocycles. The molecule has 0 fully saturated rings. The lowest BCUT2D eigenvalue weighted by molar-refractivity contribution is 1.16. The van der Waals surface area contributed by atoms with Crippen LogP contribution < -0.4 is 11.5 Å². The van der Waals surface area contributed by atoms with Crippen molar-refractivity contribution in [2.45, 2.75) is 0 Å². The molecule has 2 aromatic heterocycles. The number of nitrogens with two attached hydrogens (primary N) is 2. The lowest BCUT2D eigenvalue weighted by Gasteiger charge is -1.96. The second-order valence-corrected chi connectivity index (χ2v) is 2.23. The lowest BCUT2D eigenvalue weighted by Crippen LogP contribution is -1.98. The summed E-state index contributed by atoms with van der Waals surface area (Å²) in [6.07, 6.45) is 2.91. The van der Waals surface area contributed by atoms with Gasteiger partial charge in [0.25, 0.3) is 0 Å².